The predicted octanol–water partition coefficient (Wildman–Crippen LogP) is 2.45. The molecule has 3 rings (SSSR count). The van der Waals surface area contributed by atoms with Gasteiger partial charge in [-0.1, -0.05) is 44.7 Å². The first-order chi connectivity index (χ1) is 14.7. The molecule has 31 heavy (non-hydrogen) atoms. The van der Waals surface area contributed by atoms with Crippen molar-refractivity contribution in [2.75, 3.05) is 7.11 Å². The van der Waals surface area contributed by atoms with E-state index in [1.807, 2.05) is 18.2 Å². The van der Waals surface area contributed by atoms with E-state index in [4.69, 9.17) is 27.8 Å². The zero-order valence-electron chi connectivity index (χ0n) is 18.2. The maximum Gasteiger partial charge on any atom is 0.361 e. The Morgan fingerprint density at radius 3 is 2.13 bits per heavy atom. The van der Waals surface area contributed by atoms with Crippen LogP contribution < -0.4 is 23.4 Å². The minimum Gasteiger partial charge on any atom is -0.497 e. The molecule has 0 saturated carbocycles. The van der Waals surface area contributed by atoms with Gasteiger partial charge in [-0.05, 0) is 55.2 Å². The third kappa shape index (κ3) is 8.81. The maximum atomic E-state index is 8.49. The first kappa shape index (κ1) is 25.0. The monoisotopic (exact) mass is 448 g/mol. The first-order valence-electron chi connectivity index (χ1n) is 10.3. The fourth-order valence-electron chi connectivity index (χ4n) is 3.37. The van der Waals surface area contributed by atoms with Gasteiger partial charge in [-0.2, -0.15) is 0 Å². The van der Waals surface area contributed by atoms with Crippen LogP contribution in [0.15, 0.2) is 52.9 Å². The Balaban J connectivity index is 0.000000614. The number of hydrogen-bond donors (Lipinski definition) is 0. The van der Waals surface area contributed by atoms with Crippen molar-refractivity contribution in [3.8, 4) is 17.1 Å². The fourth-order valence-corrected chi connectivity index (χ4v) is 3.37. The number of halogens is 1. The molecule has 0 aliphatic rings. The van der Waals surface area contributed by atoms with Crippen LogP contribution >= 0.6 is 0 Å². The molecular weight excluding hydrogens is 420 g/mol. The number of fused-ring (bicyclic) bond motifs is 1. The summed E-state index contributed by atoms with van der Waals surface area (Å²) in [5.41, 5.74) is 4.62. The zero-order valence-corrected chi connectivity index (χ0v) is 18.9. The Morgan fingerprint density at radius 1 is 0.871 bits per heavy atom. The summed E-state index contributed by atoms with van der Waals surface area (Å²) in [6.45, 7) is 4.38. The Hall–Kier alpha value is -2.22. The van der Waals surface area contributed by atoms with E-state index >= 15 is 0 Å². The Labute approximate surface area is 185 Å². The second-order valence-electron chi connectivity index (χ2n) is 7.39. The minimum absolute atomic E-state index is 0.854. The van der Waals surface area contributed by atoms with Crippen LogP contribution in [0.5, 0.6) is 5.75 Å². The van der Waals surface area contributed by atoms with Gasteiger partial charge in [0.05, 0.1) is 18.1 Å². The molecule has 0 aliphatic carbocycles. The molecule has 0 amide bonds. The van der Waals surface area contributed by atoms with E-state index in [0.29, 0.717) is 0 Å². The van der Waals surface area contributed by atoms with Gasteiger partial charge in [0, 0.05) is 12.1 Å². The largest absolute Gasteiger partial charge is 0.497 e. The zero-order chi connectivity index (χ0) is 22.9. The highest BCUT2D eigenvalue weighted by molar-refractivity contribution is 5.83. The molecule has 0 bridgehead atoms. The highest BCUT2D eigenvalue weighted by atomic mass is 35.7. The van der Waals surface area contributed by atoms with Crippen molar-refractivity contribution in [3.63, 3.8) is 0 Å². The number of ether oxygens (including phenoxy) is 1. The highest BCUT2D eigenvalue weighted by Crippen LogP contribution is 2.30. The van der Waals surface area contributed by atoms with Gasteiger partial charge in [-0.15, -0.1) is 10.2 Å². The van der Waals surface area contributed by atoms with Crippen molar-refractivity contribution < 1.29 is 38.0 Å². The molecule has 0 unspecified atom stereocenters. The summed E-state index contributed by atoms with van der Waals surface area (Å²) in [5.74, 6) is 1.77. The average Bonchev–Trinajstić information content (AvgIpc) is 2.72. The topological polar surface area (TPSA) is 113 Å². The lowest BCUT2D eigenvalue weighted by molar-refractivity contribution is -2.00. The molecule has 1 heterocycles. The molecule has 0 spiro atoms. The molecule has 0 atom stereocenters. The van der Waals surface area contributed by atoms with E-state index in [2.05, 4.69) is 44.2 Å². The lowest BCUT2D eigenvalue weighted by atomic mass is 10.0. The molecule has 2 aromatic carbocycles. The summed E-state index contributed by atoms with van der Waals surface area (Å²) in [6, 6.07) is 16.9. The van der Waals surface area contributed by atoms with Crippen molar-refractivity contribution in [1.82, 2.24) is 0 Å². The van der Waals surface area contributed by atoms with E-state index in [9.17, 15) is 0 Å². The SMILES string of the molecule is CCCCCCCc1ccc(-c2cc(C)c3cc(OC)ccc3[o+]2)cc1.[O-][Cl+3]([O-])([O-])[O-]. The Morgan fingerprint density at radius 2 is 1.52 bits per heavy atom. The van der Waals surface area contributed by atoms with Crippen LogP contribution in [-0.4, -0.2) is 7.11 Å². The van der Waals surface area contributed by atoms with Crippen LogP contribution in [0.1, 0.15) is 50.2 Å². The molecule has 7 heteroatoms. The summed E-state index contributed by atoms with van der Waals surface area (Å²) in [6.07, 6.45) is 7.79. The fraction of sp³-hybridized carbons (Fsp3) is 0.375. The summed E-state index contributed by atoms with van der Waals surface area (Å²) in [4.78, 5) is 0. The van der Waals surface area contributed by atoms with Crippen LogP contribution in [0.3, 0.4) is 0 Å². The molecular formula is C24H29ClO6. The van der Waals surface area contributed by atoms with Gasteiger partial charge in [0.2, 0.25) is 0 Å². The number of rotatable bonds is 8. The normalized spacial score (nSPS) is 11.2. The average molecular weight is 449 g/mol. The minimum atomic E-state index is -4.94. The van der Waals surface area contributed by atoms with Crippen molar-refractivity contribution in [2.45, 2.75) is 52.4 Å². The number of unbranched alkanes of at least 4 members (excludes halogenated alkanes) is 4. The smallest absolute Gasteiger partial charge is 0.361 e. The maximum absolute atomic E-state index is 8.49. The molecule has 1 aromatic heterocycles. The van der Waals surface area contributed by atoms with Crippen molar-refractivity contribution in [1.29, 1.82) is 0 Å². The third-order valence-electron chi connectivity index (χ3n) is 4.99. The number of aryl methyl sites for hydroxylation is 2. The first-order valence-corrected chi connectivity index (χ1v) is 11.6. The number of hydrogen-bond acceptors (Lipinski definition) is 5. The second-order valence-corrected chi connectivity index (χ2v) is 8.15. The van der Waals surface area contributed by atoms with Gasteiger partial charge in [-0.25, -0.2) is 23.1 Å². The van der Waals surface area contributed by atoms with Gasteiger partial charge in [0.15, 0.2) is 0 Å². The summed E-state index contributed by atoms with van der Waals surface area (Å²) >= 11 is 0. The summed E-state index contributed by atoms with van der Waals surface area (Å²) in [5, 5.41) is 1.09. The van der Waals surface area contributed by atoms with Gasteiger partial charge < -0.3 is 4.74 Å². The number of benzene rings is 2. The summed E-state index contributed by atoms with van der Waals surface area (Å²) < 4.78 is 45.4. The quantitative estimate of drug-likeness (QED) is 0.386. The van der Waals surface area contributed by atoms with Crippen LogP contribution in [0, 0.1) is 17.2 Å². The van der Waals surface area contributed by atoms with E-state index in [0.717, 1.165) is 34.5 Å². The molecule has 6 nitrogen and oxygen atoms in total. The van der Waals surface area contributed by atoms with Crippen molar-refractivity contribution >= 4 is 11.0 Å². The lowest BCUT2D eigenvalue weighted by Crippen LogP contribution is -2.68. The van der Waals surface area contributed by atoms with Crippen LogP contribution in [0.25, 0.3) is 22.3 Å². The second kappa shape index (κ2) is 12.0. The van der Waals surface area contributed by atoms with Crippen LogP contribution in [0.2, 0.25) is 0 Å². The Bertz CT molecular complexity index is 945. The van der Waals surface area contributed by atoms with Gasteiger partial charge in [0.25, 0.3) is 0 Å². The van der Waals surface area contributed by atoms with Crippen molar-refractivity contribution in [3.05, 3.63) is 59.7 Å². The van der Waals surface area contributed by atoms with E-state index < -0.39 is 10.2 Å². The molecule has 0 aliphatic heterocycles. The third-order valence-corrected chi connectivity index (χ3v) is 4.99. The van der Waals surface area contributed by atoms with Crippen molar-refractivity contribution in [2.24, 2.45) is 0 Å². The molecule has 3 aromatic rings. The standard InChI is InChI=1S/C24H29O2.ClHO4/c1-4-5-6-7-8-9-19-10-12-20(13-11-19)24-16-18(2)22-17-21(25-3)14-15-23(22)26-24;2-1(3,4)5/h10-17H,4-9H2,1-3H3;(H,2,3,4,5)/q+1;/p-1. The molecule has 0 N–H and O–H groups in total. The van der Waals surface area contributed by atoms with Crippen LogP contribution in [0.4, 0.5) is 0 Å². The summed E-state index contributed by atoms with van der Waals surface area (Å²) in [7, 11) is -3.26. The molecule has 0 fully saturated rings. The molecule has 168 valence electrons. The van der Waals surface area contributed by atoms with Gasteiger partial charge in [-0.3, -0.25) is 0 Å². The molecule has 0 radical (unpaired) electrons. The highest BCUT2D eigenvalue weighted by Gasteiger charge is 2.17. The Kier molecular flexibility index (Phi) is 9.68. The predicted molar refractivity (Wildman–Crippen MR) is 110 cm³/mol. The van der Waals surface area contributed by atoms with E-state index in [1.165, 1.54) is 43.2 Å². The van der Waals surface area contributed by atoms with E-state index in [-0.39, 0.29) is 0 Å². The number of methoxy groups -OCH3 is 1. The molecule has 0 saturated heterocycles. The van der Waals surface area contributed by atoms with E-state index in [1.54, 1.807) is 7.11 Å². The van der Waals surface area contributed by atoms with Crippen LogP contribution in [-0.2, 0) is 6.42 Å². The van der Waals surface area contributed by atoms with Gasteiger partial charge in [0.1, 0.15) is 5.75 Å². The lowest BCUT2D eigenvalue weighted by Gasteiger charge is -2.17. The van der Waals surface area contributed by atoms with Gasteiger partial charge >= 0.3 is 11.3 Å².